The second kappa shape index (κ2) is 8.28. The molecule has 0 fully saturated rings. The van der Waals surface area contributed by atoms with Crippen molar-refractivity contribution in [2.24, 2.45) is 0 Å². The molecular weight excluding hydrogens is 463 g/mol. The second-order valence-corrected chi connectivity index (χ2v) is 8.68. The maximum absolute atomic E-state index is 6.24. The molecule has 160 valence electrons. The molecule has 0 amide bonds. The van der Waals surface area contributed by atoms with Crippen molar-refractivity contribution in [2.45, 2.75) is 19.3 Å². The quantitative estimate of drug-likeness (QED) is 0.277. The summed E-state index contributed by atoms with van der Waals surface area (Å²) in [5, 5.41) is 14.6. The summed E-state index contributed by atoms with van der Waals surface area (Å²) in [5.41, 5.74) is 8.49. The number of rotatable bonds is 3. The minimum absolute atomic E-state index is 0. The number of pyridine rings is 1. The first-order chi connectivity index (χ1) is 15.2. The van der Waals surface area contributed by atoms with E-state index in [-0.39, 0.29) is 12.4 Å². The molecule has 0 unspecified atom stereocenters. The van der Waals surface area contributed by atoms with Crippen LogP contribution >= 0.6 is 35.6 Å². The first-order valence-electron chi connectivity index (χ1n) is 10.3. The fourth-order valence-electron chi connectivity index (χ4n) is 4.45. The molecule has 3 aromatic carbocycles. The Morgan fingerprint density at radius 3 is 2.62 bits per heavy atom. The Bertz CT molecular complexity index is 1480. The van der Waals surface area contributed by atoms with E-state index >= 15 is 0 Å². The van der Waals surface area contributed by atoms with Gasteiger partial charge in [0.05, 0.1) is 26.8 Å². The van der Waals surface area contributed by atoms with E-state index in [9.17, 15) is 0 Å². The zero-order valence-corrected chi connectivity index (χ0v) is 19.3. The molecule has 4 nitrogen and oxygen atoms in total. The Kier molecular flexibility index (Phi) is 5.46. The van der Waals surface area contributed by atoms with Crippen molar-refractivity contribution in [2.75, 3.05) is 5.32 Å². The number of nitrogens with zero attached hydrogens (tertiary/aromatic N) is 2. The fraction of sp³-hybridized carbons (Fsp3) is 0.120. The van der Waals surface area contributed by atoms with Gasteiger partial charge in [0.1, 0.15) is 5.69 Å². The summed E-state index contributed by atoms with van der Waals surface area (Å²) < 4.78 is 0. The van der Waals surface area contributed by atoms with E-state index < -0.39 is 0 Å². The highest BCUT2D eigenvalue weighted by Crippen LogP contribution is 2.37. The number of fused-ring (bicyclic) bond motifs is 3. The van der Waals surface area contributed by atoms with Gasteiger partial charge in [-0.1, -0.05) is 47.5 Å². The Hall–Kier alpha value is -2.79. The van der Waals surface area contributed by atoms with E-state index in [2.05, 4.69) is 51.9 Å². The number of halogens is 3. The van der Waals surface area contributed by atoms with Crippen molar-refractivity contribution < 1.29 is 0 Å². The lowest BCUT2D eigenvalue weighted by atomic mass is 10.1. The van der Waals surface area contributed by atoms with Crippen LogP contribution in [0.1, 0.15) is 17.7 Å². The number of nitrogens with one attached hydrogen (secondary N) is 2. The molecule has 0 saturated heterocycles. The highest BCUT2D eigenvalue weighted by Gasteiger charge is 2.20. The normalized spacial score (nSPS) is 12.7. The molecule has 2 N–H and O–H groups in total. The third kappa shape index (κ3) is 3.49. The number of aromatic amines is 1. The molecule has 0 radical (unpaired) electrons. The molecule has 0 atom stereocenters. The van der Waals surface area contributed by atoms with Gasteiger partial charge in [-0.25, -0.2) is 0 Å². The zero-order valence-electron chi connectivity index (χ0n) is 17.0. The number of hydrogen-bond donors (Lipinski definition) is 2. The van der Waals surface area contributed by atoms with Crippen LogP contribution in [0.4, 0.5) is 11.4 Å². The standard InChI is InChI=1S/C25H18Cl2N4.ClH/c26-19-10-8-14(12-20(19)27)24-18-13-15(9-11-23(18)30-31-24)28-25-16-4-1-2-6-21(16)29-22-7-3-5-17(22)25;/h1-2,4,6,8-13H,3,5,7H2,(H,28,29)(H,30,31);1H. The van der Waals surface area contributed by atoms with Crippen molar-refractivity contribution in [3.8, 4) is 11.3 Å². The molecule has 1 aliphatic rings. The van der Waals surface area contributed by atoms with Gasteiger partial charge < -0.3 is 5.32 Å². The van der Waals surface area contributed by atoms with Crippen LogP contribution in [0.5, 0.6) is 0 Å². The Morgan fingerprint density at radius 2 is 1.75 bits per heavy atom. The van der Waals surface area contributed by atoms with Crippen molar-refractivity contribution in [3.05, 3.63) is 82.0 Å². The third-order valence-electron chi connectivity index (χ3n) is 5.94. The first kappa shape index (κ1) is 21.1. The number of para-hydroxylation sites is 1. The number of aromatic nitrogens is 3. The van der Waals surface area contributed by atoms with Crippen molar-refractivity contribution in [1.82, 2.24) is 15.2 Å². The summed E-state index contributed by atoms with van der Waals surface area (Å²) in [6.07, 6.45) is 3.24. The summed E-state index contributed by atoms with van der Waals surface area (Å²) in [7, 11) is 0. The number of aryl methyl sites for hydroxylation is 1. The zero-order chi connectivity index (χ0) is 20.9. The van der Waals surface area contributed by atoms with Gasteiger partial charge in [0.2, 0.25) is 0 Å². The highest BCUT2D eigenvalue weighted by molar-refractivity contribution is 6.42. The lowest BCUT2D eigenvalue weighted by Gasteiger charge is -2.15. The van der Waals surface area contributed by atoms with Gasteiger partial charge in [0.25, 0.3) is 0 Å². The fourth-order valence-corrected chi connectivity index (χ4v) is 4.75. The van der Waals surface area contributed by atoms with Crippen LogP contribution in [0.15, 0.2) is 60.7 Å². The SMILES string of the molecule is Cl.Clc1ccc(-c2n[nH]c3ccc(Nc4c5c(nc6ccccc46)CCC5)cc23)cc1Cl. The number of benzene rings is 3. The molecule has 2 heterocycles. The predicted octanol–water partition coefficient (Wildman–Crippen LogP) is 7.74. The van der Waals surface area contributed by atoms with Crippen molar-refractivity contribution in [3.63, 3.8) is 0 Å². The summed E-state index contributed by atoms with van der Waals surface area (Å²) in [4.78, 5) is 4.89. The van der Waals surface area contributed by atoms with Crippen LogP contribution in [-0.4, -0.2) is 15.2 Å². The molecule has 5 aromatic rings. The smallest absolute Gasteiger partial charge is 0.100 e. The van der Waals surface area contributed by atoms with E-state index in [0.717, 1.165) is 63.7 Å². The van der Waals surface area contributed by atoms with Crippen molar-refractivity contribution in [1.29, 1.82) is 0 Å². The lowest BCUT2D eigenvalue weighted by Crippen LogP contribution is -1.99. The topological polar surface area (TPSA) is 53.6 Å². The van der Waals surface area contributed by atoms with Gasteiger partial charge >= 0.3 is 0 Å². The molecule has 6 rings (SSSR count). The predicted molar refractivity (Wildman–Crippen MR) is 136 cm³/mol. The molecule has 0 aliphatic heterocycles. The van der Waals surface area contributed by atoms with Gasteiger partial charge in [0, 0.05) is 27.7 Å². The van der Waals surface area contributed by atoms with Crippen LogP contribution in [0.25, 0.3) is 33.1 Å². The molecule has 32 heavy (non-hydrogen) atoms. The Labute approximate surface area is 201 Å². The van der Waals surface area contributed by atoms with Crippen LogP contribution in [0, 0.1) is 0 Å². The minimum atomic E-state index is 0. The van der Waals surface area contributed by atoms with Crippen LogP contribution < -0.4 is 5.32 Å². The summed E-state index contributed by atoms with van der Waals surface area (Å²) in [5.74, 6) is 0. The van der Waals surface area contributed by atoms with Gasteiger partial charge in [0.15, 0.2) is 0 Å². The van der Waals surface area contributed by atoms with Crippen LogP contribution in [-0.2, 0) is 12.8 Å². The monoisotopic (exact) mass is 480 g/mol. The third-order valence-corrected chi connectivity index (χ3v) is 6.68. The average Bonchev–Trinajstić information content (AvgIpc) is 3.42. The molecule has 7 heteroatoms. The molecule has 1 aliphatic carbocycles. The van der Waals surface area contributed by atoms with Crippen LogP contribution in [0.2, 0.25) is 10.0 Å². The van der Waals surface area contributed by atoms with E-state index in [1.165, 1.54) is 11.3 Å². The molecular formula is C25H19Cl3N4. The average molecular weight is 482 g/mol. The van der Waals surface area contributed by atoms with Crippen molar-refractivity contribution >= 4 is 68.8 Å². The molecule has 0 saturated carbocycles. The summed E-state index contributed by atoms with van der Waals surface area (Å²) in [6, 6.07) is 20.2. The number of H-pyrrole nitrogens is 1. The summed E-state index contributed by atoms with van der Waals surface area (Å²) in [6.45, 7) is 0. The van der Waals surface area contributed by atoms with Gasteiger partial charge in [-0.05, 0) is 61.2 Å². The Balaban J connectivity index is 0.00000216. The molecule has 0 spiro atoms. The van der Waals surface area contributed by atoms with E-state index in [4.69, 9.17) is 28.2 Å². The largest absolute Gasteiger partial charge is 0.355 e. The van der Waals surface area contributed by atoms with Gasteiger partial charge in [-0.3, -0.25) is 10.1 Å². The maximum atomic E-state index is 6.24. The number of anilines is 2. The van der Waals surface area contributed by atoms with Gasteiger partial charge in [-0.15, -0.1) is 12.4 Å². The van der Waals surface area contributed by atoms with Gasteiger partial charge in [-0.2, -0.15) is 5.10 Å². The molecule has 0 bridgehead atoms. The van der Waals surface area contributed by atoms with E-state index in [1.54, 1.807) is 6.07 Å². The van der Waals surface area contributed by atoms with E-state index in [1.807, 2.05) is 18.2 Å². The maximum Gasteiger partial charge on any atom is 0.100 e. The number of hydrogen-bond acceptors (Lipinski definition) is 3. The minimum Gasteiger partial charge on any atom is -0.355 e. The molecule has 2 aromatic heterocycles. The summed E-state index contributed by atoms with van der Waals surface area (Å²) >= 11 is 12.3. The highest BCUT2D eigenvalue weighted by atomic mass is 35.5. The van der Waals surface area contributed by atoms with Crippen LogP contribution in [0.3, 0.4) is 0 Å². The first-order valence-corrected chi connectivity index (χ1v) is 11.0. The Morgan fingerprint density at radius 1 is 0.875 bits per heavy atom. The second-order valence-electron chi connectivity index (χ2n) is 7.87. The lowest BCUT2D eigenvalue weighted by molar-refractivity contribution is 0.901. The van der Waals surface area contributed by atoms with E-state index in [0.29, 0.717) is 10.0 Å².